The summed E-state index contributed by atoms with van der Waals surface area (Å²) >= 11 is 0. The van der Waals surface area contributed by atoms with Gasteiger partial charge in [-0.15, -0.1) is 0 Å². The molecule has 0 unspecified atom stereocenters. The molecule has 0 fully saturated rings. The Balaban J connectivity index is 1.99. The van der Waals surface area contributed by atoms with Gasteiger partial charge in [0.25, 0.3) is 0 Å². The van der Waals surface area contributed by atoms with Crippen LogP contribution < -0.4 is 5.32 Å². The van der Waals surface area contributed by atoms with E-state index in [4.69, 9.17) is 0 Å². The van der Waals surface area contributed by atoms with E-state index in [9.17, 15) is 14.7 Å². The van der Waals surface area contributed by atoms with Crippen LogP contribution in [0.3, 0.4) is 0 Å². The summed E-state index contributed by atoms with van der Waals surface area (Å²) in [6.45, 7) is 2.23. The van der Waals surface area contributed by atoms with Crippen LogP contribution in [0.15, 0.2) is 36.8 Å². The third-order valence-corrected chi connectivity index (χ3v) is 4.97. The molecule has 1 aromatic rings. The SMILES string of the molecule is CCCCCC=CCC=CCCCCCCCC(=O)N[C@@H](Cc1cnc[nH]1)C(=O)O. The third kappa shape index (κ3) is 13.7. The van der Waals surface area contributed by atoms with Crippen molar-refractivity contribution < 1.29 is 14.7 Å². The van der Waals surface area contributed by atoms with Gasteiger partial charge in [0.1, 0.15) is 6.04 Å². The van der Waals surface area contributed by atoms with E-state index in [0.29, 0.717) is 12.1 Å². The van der Waals surface area contributed by atoms with Crippen LogP contribution >= 0.6 is 0 Å². The molecule has 1 aromatic heterocycles. The van der Waals surface area contributed by atoms with E-state index in [-0.39, 0.29) is 12.3 Å². The number of aromatic amines is 1. The molecule has 0 aliphatic heterocycles. The number of hydrogen-bond acceptors (Lipinski definition) is 3. The summed E-state index contributed by atoms with van der Waals surface area (Å²) in [5, 5.41) is 11.9. The first-order chi connectivity index (χ1) is 14.6. The van der Waals surface area contributed by atoms with Crippen molar-refractivity contribution in [2.24, 2.45) is 0 Å². The van der Waals surface area contributed by atoms with Gasteiger partial charge in [-0.05, 0) is 38.5 Å². The van der Waals surface area contributed by atoms with Gasteiger partial charge in [0.05, 0.1) is 6.33 Å². The zero-order valence-electron chi connectivity index (χ0n) is 18.4. The maximum Gasteiger partial charge on any atom is 0.326 e. The van der Waals surface area contributed by atoms with Crippen LogP contribution in [0.1, 0.15) is 89.7 Å². The van der Waals surface area contributed by atoms with Crippen LogP contribution in [0, 0.1) is 0 Å². The first-order valence-electron chi connectivity index (χ1n) is 11.4. The number of carbonyl (C=O) groups is 2. The van der Waals surface area contributed by atoms with Crippen molar-refractivity contribution >= 4 is 11.9 Å². The highest BCUT2D eigenvalue weighted by Gasteiger charge is 2.20. The number of rotatable bonds is 18. The van der Waals surface area contributed by atoms with Gasteiger partial charge in [-0.25, -0.2) is 9.78 Å². The maximum absolute atomic E-state index is 12.0. The molecule has 0 aromatic carbocycles. The molecule has 3 N–H and O–H groups in total. The number of nitrogens with one attached hydrogen (secondary N) is 2. The molecule has 0 spiro atoms. The van der Waals surface area contributed by atoms with E-state index in [1.165, 1.54) is 38.4 Å². The Morgan fingerprint density at radius 1 is 1.03 bits per heavy atom. The molecule has 168 valence electrons. The predicted molar refractivity (Wildman–Crippen MR) is 121 cm³/mol. The first kappa shape index (κ1) is 25.7. The minimum Gasteiger partial charge on any atom is -0.480 e. The van der Waals surface area contributed by atoms with Gasteiger partial charge in [-0.3, -0.25) is 4.79 Å². The molecule has 0 bridgehead atoms. The molecule has 0 aliphatic carbocycles. The van der Waals surface area contributed by atoms with Crippen LogP contribution in [0.5, 0.6) is 0 Å². The fourth-order valence-corrected chi connectivity index (χ4v) is 3.18. The number of aliphatic carboxylic acids is 1. The summed E-state index contributed by atoms with van der Waals surface area (Å²) in [6.07, 6.45) is 25.1. The zero-order chi connectivity index (χ0) is 21.9. The Morgan fingerprint density at radius 2 is 1.70 bits per heavy atom. The Bertz CT molecular complexity index is 624. The lowest BCUT2D eigenvalue weighted by molar-refractivity contribution is -0.141. The number of nitrogens with zero attached hydrogens (tertiary/aromatic N) is 1. The van der Waals surface area contributed by atoms with Crippen molar-refractivity contribution in [3.05, 3.63) is 42.5 Å². The summed E-state index contributed by atoms with van der Waals surface area (Å²) in [5.41, 5.74) is 0.694. The van der Waals surface area contributed by atoms with Gasteiger partial charge in [-0.1, -0.05) is 63.3 Å². The second kappa shape index (κ2) is 17.5. The Kier molecular flexibility index (Phi) is 15.0. The molecular formula is C24H39N3O3. The molecule has 0 saturated carbocycles. The molecule has 30 heavy (non-hydrogen) atoms. The molecule has 1 amide bonds. The van der Waals surface area contributed by atoms with E-state index >= 15 is 0 Å². The number of aromatic nitrogens is 2. The minimum atomic E-state index is -1.03. The van der Waals surface area contributed by atoms with Gasteiger partial charge in [0, 0.05) is 24.7 Å². The van der Waals surface area contributed by atoms with Crippen LogP contribution in [0.2, 0.25) is 0 Å². The van der Waals surface area contributed by atoms with E-state index in [1.54, 1.807) is 6.20 Å². The largest absolute Gasteiger partial charge is 0.480 e. The maximum atomic E-state index is 12.0. The second-order valence-corrected chi connectivity index (χ2v) is 7.72. The number of H-pyrrole nitrogens is 1. The van der Waals surface area contributed by atoms with Gasteiger partial charge < -0.3 is 15.4 Å². The number of carboxylic acid groups (broad SMARTS) is 1. The molecule has 1 heterocycles. The summed E-state index contributed by atoms with van der Waals surface area (Å²) in [4.78, 5) is 30.1. The van der Waals surface area contributed by atoms with Gasteiger partial charge in [0.2, 0.25) is 5.91 Å². The Hall–Kier alpha value is -2.37. The van der Waals surface area contributed by atoms with Crippen LogP contribution in [-0.4, -0.2) is 33.0 Å². The summed E-state index contributed by atoms with van der Waals surface area (Å²) in [6, 6.07) is -0.920. The fraction of sp³-hybridized carbons (Fsp3) is 0.625. The lowest BCUT2D eigenvalue weighted by Gasteiger charge is -2.13. The molecular weight excluding hydrogens is 378 g/mol. The Morgan fingerprint density at radius 3 is 2.33 bits per heavy atom. The minimum absolute atomic E-state index is 0.201. The summed E-state index contributed by atoms with van der Waals surface area (Å²) < 4.78 is 0. The molecule has 1 atom stereocenters. The van der Waals surface area contributed by atoms with Gasteiger partial charge in [0.15, 0.2) is 0 Å². The van der Waals surface area contributed by atoms with Crippen LogP contribution in [0.25, 0.3) is 0 Å². The topological polar surface area (TPSA) is 95.1 Å². The molecule has 6 nitrogen and oxygen atoms in total. The van der Waals surface area contributed by atoms with Crippen molar-refractivity contribution in [1.29, 1.82) is 0 Å². The first-order valence-corrected chi connectivity index (χ1v) is 11.4. The monoisotopic (exact) mass is 417 g/mol. The molecule has 0 saturated heterocycles. The van der Waals surface area contributed by atoms with Crippen molar-refractivity contribution in [1.82, 2.24) is 15.3 Å². The highest BCUT2D eigenvalue weighted by atomic mass is 16.4. The van der Waals surface area contributed by atoms with Crippen molar-refractivity contribution in [2.75, 3.05) is 0 Å². The zero-order valence-corrected chi connectivity index (χ0v) is 18.4. The van der Waals surface area contributed by atoms with Crippen molar-refractivity contribution in [2.45, 2.75) is 96.4 Å². The fourth-order valence-electron chi connectivity index (χ4n) is 3.18. The smallest absolute Gasteiger partial charge is 0.326 e. The summed E-state index contributed by atoms with van der Waals surface area (Å²) in [5.74, 6) is -1.23. The molecule has 0 radical (unpaired) electrons. The lowest BCUT2D eigenvalue weighted by Crippen LogP contribution is -2.42. The third-order valence-electron chi connectivity index (χ3n) is 4.97. The number of carbonyl (C=O) groups excluding carboxylic acids is 1. The Labute approximate surface area is 181 Å². The van der Waals surface area contributed by atoms with E-state index in [0.717, 1.165) is 38.5 Å². The van der Waals surface area contributed by atoms with E-state index < -0.39 is 12.0 Å². The number of imidazole rings is 1. The average molecular weight is 418 g/mol. The lowest BCUT2D eigenvalue weighted by atomic mass is 10.1. The number of hydrogen-bond donors (Lipinski definition) is 3. The van der Waals surface area contributed by atoms with E-state index in [1.807, 2.05) is 0 Å². The number of allylic oxidation sites excluding steroid dienone is 4. The molecule has 0 aliphatic rings. The van der Waals surface area contributed by atoms with Gasteiger partial charge >= 0.3 is 5.97 Å². The highest BCUT2D eigenvalue weighted by molar-refractivity contribution is 5.83. The average Bonchev–Trinajstić information content (AvgIpc) is 3.23. The molecule has 6 heteroatoms. The molecule has 1 rings (SSSR count). The quantitative estimate of drug-likeness (QED) is 0.222. The van der Waals surface area contributed by atoms with E-state index in [2.05, 4.69) is 46.5 Å². The predicted octanol–water partition coefficient (Wildman–Crippen LogP) is 5.34. The van der Waals surface area contributed by atoms with Gasteiger partial charge in [-0.2, -0.15) is 0 Å². The highest BCUT2D eigenvalue weighted by Crippen LogP contribution is 2.09. The van der Waals surface area contributed by atoms with Crippen molar-refractivity contribution in [3.8, 4) is 0 Å². The number of amides is 1. The second-order valence-electron chi connectivity index (χ2n) is 7.72. The standard InChI is InChI=1S/C24H39N3O3/c1-2-3-4-5-6-7-8-9-10-11-12-13-14-15-16-17-23(28)27-22(24(29)30)18-21-19-25-20-26-21/h6-7,9-10,19-20,22H,2-5,8,11-18H2,1H3,(H,25,26)(H,27,28)(H,29,30)/t22-/m0/s1. The number of carboxylic acids is 1. The van der Waals surface area contributed by atoms with Crippen molar-refractivity contribution in [3.63, 3.8) is 0 Å². The van der Waals surface area contributed by atoms with Crippen LogP contribution in [-0.2, 0) is 16.0 Å². The summed E-state index contributed by atoms with van der Waals surface area (Å²) in [7, 11) is 0. The normalized spacial score (nSPS) is 12.6. The number of unbranched alkanes of at least 4 members (excludes halogenated alkanes) is 8. The van der Waals surface area contributed by atoms with Crippen LogP contribution in [0.4, 0.5) is 0 Å².